The molecule has 0 bridgehead atoms. The van der Waals surface area contributed by atoms with Gasteiger partial charge in [0, 0.05) is 0 Å². The summed E-state index contributed by atoms with van der Waals surface area (Å²) in [5.74, 6) is 0. The maximum atomic E-state index is 9.40. The molecular weight excluding hydrogens is 154 g/mol. The molecule has 0 aromatic rings. The van der Waals surface area contributed by atoms with E-state index in [1.807, 2.05) is 6.92 Å². The van der Waals surface area contributed by atoms with E-state index in [2.05, 4.69) is 13.2 Å². The Labute approximate surface area is 74.7 Å². The zero-order chi connectivity index (χ0) is 9.66. The Morgan fingerprint density at radius 1 is 1.33 bits per heavy atom. The summed E-state index contributed by atoms with van der Waals surface area (Å²) in [4.78, 5) is 0. The quantitative estimate of drug-likeness (QED) is 0.367. The zero-order valence-corrected chi connectivity index (χ0v) is 7.79. The minimum absolute atomic E-state index is 0.617. The molecule has 0 fully saturated rings. The van der Waals surface area contributed by atoms with E-state index < -0.39 is 0 Å². The average molecular weight is 173 g/mol. The zero-order valence-electron chi connectivity index (χ0n) is 7.79. The fourth-order valence-electron chi connectivity index (χ4n) is 0.353. The van der Waals surface area contributed by atoms with Crippen LogP contribution in [0.25, 0.3) is 0 Å². The van der Waals surface area contributed by atoms with Gasteiger partial charge in [0.25, 0.3) is 0 Å². The van der Waals surface area contributed by atoms with Crippen molar-refractivity contribution < 1.29 is 10.2 Å². The Morgan fingerprint density at radius 3 is 2.00 bits per heavy atom. The van der Waals surface area contributed by atoms with Crippen LogP contribution in [0.5, 0.6) is 0 Å². The van der Waals surface area contributed by atoms with Crippen molar-refractivity contribution in [2.75, 3.05) is 19.8 Å². The van der Waals surface area contributed by atoms with Crippen molar-refractivity contribution >= 4 is 0 Å². The third-order valence-electron chi connectivity index (χ3n) is 0.878. The van der Waals surface area contributed by atoms with Crippen LogP contribution in [-0.2, 0) is 4.74 Å². The van der Waals surface area contributed by atoms with Crippen molar-refractivity contribution in [3.63, 3.8) is 0 Å². The molecule has 0 aromatic heterocycles. The summed E-state index contributed by atoms with van der Waals surface area (Å²) < 4.78 is 4.90. The van der Waals surface area contributed by atoms with Gasteiger partial charge in [-0.3, -0.25) is 0 Å². The van der Waals surface area contributed by atoms with E-state index in [1.165, 1.54) is 0 Å². The Morgan fingerprint density at radius 2 is 1.83 bits per heavy atom. The van der Waals surface area contributed by atoms with Crippen LogP contribution < -0.4 is 5.48 Å². The monoisotopic (exact) mass is 173 g/mol. The number of hydrogen-bond acceptors (Lipinski definition) is 2. The lowest BCUT2D eigenvalue weighted by atomic mass is 10.5. The van der Waals surface area contributed by atoms with Crippen LogP contribution in [0.4, 0.5) is 0 Å². The first-order valence-corrected chi connectivity index (χ1v) is 4.06. The molecule has 0 saturated carbocycles. The first-order chi connectivity index (χ1) is 5.83. The predicted molar refractivity (Wildman–Crippen MR) is 51.7 cm³/mol. The molecule has 72 valence electrons. The molecule has 0 aliphatic heterocycles. The molecule has 0 amide bonds. The molecular formula is C9H19NO2. The Balaban J connectivity index is 0. The van der Waals surface area contributed by atoms with Crippen molar-refractivity contribution in [3.8, 4) is 0 Å². The molecule has 12 heavy (non-hydrogen) atoms. The first-order valence-electron chi connectivity index (χ1n) is 4.06. The van der Waals surface area contributed by atoms with Gasteiger partial charge in [-0.2, -0.15) is 0 Å². The molecule has 0 radical (unpaired) electrons. The van der Waals surface area contributed by atoms with Crippen molar-refractivity contribution in [2.24, 2.45) is 0 Å². The van der Waals surface area contributed by atoms with E-state index in [0.29, 0.717) is 19.8 Å². The fourth-order valence-corrected chi connectivity index (χ4v) is 0.353. The molecule has 0 saturated heterocycles. The third-order valence-corrected chi connectivity index (χ3v) is 0.878. The highest BCUT2D eigenvalue weighted by Crippen LogP contribution is 1.72. The van der Waals surface area contributed by atoms with E-state index in [4.69, 9.17) is 4.74 Å². The van der Waals surface area contributed by atoms with Gasteiger partial charge in [0.1, 0.15) is 0 Å². The lowest BCUT2D eigenvalue weighted by Gasteiger charge is -1.93. The number of nitrogens with two attached hydrogens (primary N) is 1. The van der Waals surface area contributed by atoms with Gasteiger partial charge in [-0.25, -0.2) is 0 Å². The standard InChI is InChI=1S/C6H10O.C3H9NO/c1-3-5-7-6-4-2;1-2-3-4-5/h3-4H,1-2,5-6H2;2-4H2,1H3. The lowest BCUT2D eigenvalue weighted by Crippen LogP contribution is -2.77. The molecule has 0 aliphatic rings. The van der Waals surface area contributed by atoms with Gasteiger partial charge < -0.3 is 15.4 Å². The van der Waals surface area contributed by atoms with Gasteiger partial charge in [0.05, 0.1) is 19.8 Å². The molecule has 2 N–H and O–H groups in total. The van der Waals surface area contributed by atoms with Gasteiger partial charge in [-0.1, -0.05) is 19.1 Å². The van der Waals surface area contributed by atoms with Crippen LogP contribution in [0.1, 0.15) is 13.3 Å². The number of rotatable bonds is 6. The van der Waals surface area contributed by atoms with Crippen molar-refractivity contribution in [1.29, 1.82) is 0 Å². The van der Waals surface area contributed by atoms with Gasteiger partial charge in [-0.15, -0.1) is 13.2 Å². The summed E-state index contributed by atoms with van der Waals surface area (Å²) in [6.45, 7) is 10.9. The summed E-state index contributed by atoms with van der Waals surface area (Å²) in [5, 5.41) is 9.40. The summed E-state index contributed by atoms with van der Waals surface area (Å²) in [6, 6.07) is 0. The minimum atomic E-state index is 0.617. The van der Waals surface area contributed by atoms with Crippen LogP contribution >= 0.6 is 0 Å². The predicted octanol–water partition coefficient (Wildman–Crippen LogP) is 0.833. The second-order valence-electron chi connectivity index (χ2n) is 2.07. The molecule has 0 aromatic carbocycles. The Hall–Kier alpha value is -0.640. The highest BCUT2D eigenvalue weighted by atomic mass is 16.5. The minimum Gasteiger partial charge on any atom is -0.636 e. The fraction of sp³-hybridized carbons (Fsp3) is 0.556. The molecule has 0 atom stereocenters. The van der Waals surface area contributed by atoms with Crippen molar-refractivity contribution in [2.45, 2.75) is 13.3 Å². The van der Waals surface area contributed by atoms with Crippen LogP contribution in [0, 0.1) is 5.21 Å². The second kappa shape index (κ2) is 16.8. The van der Waals surface area contributed by atoms with Gasteiger partial charge in [0.15, 0.2) is 0 Å². The largest absolute Gasteiger partial charge is 0.636 e. The average Bonchev–Trinajstić information content (AvgIpc) is 2.08. The number of hydrogen-bond donors (Lipinski definition) is 1. The van der Waals surface area contributed by atoms with E-state index in [9.17, 15) is 5.21 Å². The molecule has 0 aliphatic carbocycles. The normalized spacial score (nSPS) is 8.17. The molecule has 3 heteroatoms. The van der Waals surface area contributed by atoms with Gasteiger partial charge >= 0.3 is 0 Å². The highest BCUT2D eigenvalue weighted by Gasteiger charge is 1.70. The first kappa shape index (κ1) is 13.9. The maximum Gasteiger partial charge on any atom is 0.0749 e. The highest BCUT2D eigenvalue weighted by molar-refractivity contribution is 4.68. The Bertz CT molecular complexity index is 84.5. The van der Waals surface area contributed by atoms with Crippen LogP contribution in [0.2, 0.25) is 0 Å². The van der Waals surface area contributed by atoms with Crippen molar-refractivity contribution in [1.82, 2.24) is 0 Å². The van der Waals surface area contributed by atoms with E-state index >= 15 is 0 Å². The summed E-state index contributed by atoms with van der Waals surface area (Å²) >= 11 is 0. The molecule has 0 spiro atoms. The Kier molecular flexibility index (Phi) is 19.4. The van der Waals surface area contributed by atoms with Crippen LogP contribution in [0.15, 0.2) is 25.3 Å². The van der Waals surface area contributed by atoms with E-state index in [-0.39, 0.29) is 0 Å². The van der Waals surface area contributed by atoms with Gasteiger partial charge in [-0.05, 0) is 6.42 Å². The smallest absolute Gasteiger partial charge is 0.0749 e. The second-order valence-corrected chi connectivity index (χ2v) is 2.07. The molecule has 0 unspecified atom stereocenters. The molecule has 0 rings (SSSR count). The van der Waals surface area contributed by atoms with E-state index in [0.717, 1.165) is 11.9 Å². The topological polar surface area (TPSA) is 48.9 Å². The SMILES string of the molecule is C=CCOCC=C.CCC[NH2+][O-]. The third kappa shape index (κ3) is 22.8. The van der Waals surface area contributed by atoms with Crippen LogP contribution in [0.3, 0.4) is 0 Å². The maximum absolute atomic E-state index is 9.40. The van der Waals surface area contributed by atoms with E-state index in [1.54, 1.807) is 12.2 Å². The van der Waals surface area contributed by atoms with Crippen LogP contribution in [-0.4, -0.2) is 19.8 Å². The molecule has 0 heterocycles. The summed E-state index contributed by atoms with van der Waals surface area (Å²) in [6.07, 6.45) is 4.40. The lowest BCUT2D eigenvalue weighted by molar-refractivity contribution is -0.588. The van der Waals surface area contributed by atoms with Gasteiger partial charge in [0.2, 0.25) is 0 Å². The number of ether oxygens (including phenoxy) is 1. The number of hydroxylamine groups is 1. The van der Waals surface area contributed by atoms with Crippen molar-refractivity contribution in [3.05, 3.63) is 30.5 Å². The summed E-state index contributed by atoms with van der Waals surface area (Å²) in [5.41, 5.74) is 0.931. The molecule has 3 nitrogen and oxygen atoms in total. The number of quaternary nitrogens is 1. The summed E-state index contributed by atoms with van der Waals surface area (Å²) in [7, 11) is 0.